The molecule has 0 unspecified atom stereocenters. The van der Waals surface area contributed by atoms with Gasteiger partial charge in [-0.1, -0.05) is 12.1 Å². The Morgan fingerprint density at radius 3 is 2.23 bits per heavy atom. The summed E-state index contributed by atoms with van der Waals surface area (Å²) in [7, 11) is 0. The van der Waals surface area contributed by atoms with Crippen molar-refractivity contribution < 1.29 is 30.3 Å². The van der Waals surface area contributed by atoms with Crippen LogP contribution < -0.4 is 0 Å². The van der Waals surface area contributed by atoms with Gasteiger partial charge in [-0.05, 0) is 50.1 Å². The number of phenols is 3. The van der Waals surface area contributed by atoms with Gasteiger partial charge in [-0.15, -0.1) is 0 Å². The van der Waals surface area contributed by atoms with Gasteiger partial charge in [0.25, 0.3) is 0 Å². The molecule has 0 radical (unpaired) electrons. The Bertz CT molecular complexity index is 774. The fourth-order valence-corrected chi connectivity index (χ4v) is 2.55. The lowest BCUT2D eigenvalue weighted by molar-refractivity contribution is -0.0473. The van der Waals surface area contributed by atoms with Gasteiger partial charge in [0.2, 0.25) is 0 Å². The highest BCUT2D eigenvalue weighted by Gasteiger charge is 2.28. The first kappa shape index (κ1) is 19.8. The van der Waals surface area contributed by atoms with Crippen LogP contribution in [0, 0.1) is 0 Å². The lowest BCUT2D eigenvalue weighted by Gasteiger charge is -2.25. The van der Waals surface area contributed by atoms with Crippen molar-refractivity contribution >= 4 is 5.78 Å². The summed E-state index contributed by atoms with van der Waals surface area (Å²) in [5.41, 5.74) is -0.473. The van der Waals surface area contributed by atoms with Gasteiger partial charge in [0.1, 0.15) is 17.2 Å². The van der Waals surface area contributed by atoms with Crippen molar-refractivity contribution in [3.8, 4) is 17.2 Å². The molecule has 0 bridgehead atoms. The fraction of sp³-hybridized carbons (Fsp3) is 0.350. The predicted octanol–water partition coefficient (Wildman–Crippen LogP) is 2.29. The Hall–Kier alpha value is -2.57. The first-order chi connectivity index (χ1) is 12.1. The Morgan fingerprint density at radius 1 is 1.04 bits per heavy atom. The Labute approximate surface area is 152 Å². The molecule has 0 heterocycles. The molecule has 0 spiro atoms. The zero-order valence-corrected chi connectivity index (χ0v) is 14.8. The van der Waals surface area contributed by atoms with Crippen LogP contribution in [0.5, 0.6) is 17.2 Å². The minimum atomic E-state index is -1.42. The maximum atomic E-state index is 12.4. The largest absolute Gasteiger partial charge is 0.508 e. The molecular weight excluding hydrogens is 336 g/mol. The summed E-state index contributed by atoms with van der Waals surface area (Å²) in [5.74, 6) is -0.800. The zero-order valence-electron chi connectivity index (χ0n) is 14.8. The quantitative estimate of drug-likeness (QED) is 0.484. The second-order valence-electron chi connectivity index (χ2n) is 6.92. The average molecular weight is 360 g/mol. The second-order valence-corrected chi connectivity index (χ2v) is 6.92. The molecule has 0 amide bonds. The average Bonchev–Trinajstić information content (AvgIpc) is 2.56. The maximum absolute atomic E-state index is 12.4. The van der Waals surface area contributed by atoms with E-state index in [1.165, 1.54) is 38.1 Å². The van der Waals surface area contributed by atoms with Crippen LogP contribution in [-0.4, -0.2) is 43.0 Å². The number of carbonyl (C=O) groups is 1. The number of ketones is 1. The van der Waals surface area contributed by atoms with E-state index in [0.717, 1.165) is 5.56 Å². The third-order valence-corrected chi connectivity index (χ3v) is 4.35. The summed E-state index contributed by atoms with van der Waals surface area (Å²) in [6, 6.07) is 9.13. The van der Waals surface area contributed by atoms with E-state index in [9.17, 15) is 30.3 Å². The van der Waals surface area contributed by atoms with Crippen molar-refractivity contribution in [1.29, 1.82) is 0 Å². The number of aliphatic hydroxyl groups excluding tert-OH is 1. The maximum Gasteiger partial charge on any atom is 0.166 e. The predicted molar refractivity (Wildman–Crippen MR) is 96.5 cm³/mol. The van der Waals surface area contributed by atoms with Crippen molar-refractivity contribution in [2.45, 2.75) is 44.8 Å². The monoisotopic (exact) mass is 360 g/mol. The molecule has 1 atom stereocenters. The van der Waals surface area contributed by atoms with Crippen LogP contribution in [0.1, 0.15) is 41.8 Å². The van der Waals surface area contributed by atoms with Gasteiger partial charge in [0.05, 0.1) is 17.3 Å². The first-order valence-electron chi connectivity index (χ1n) is 8.35. The molecule has 0 aliphatic heterocycles. The number of phenolic OH excluding ortho intramolecular Hbond substituents is 3. The normalized spacial score (nSPS) is 12.8. The van der Waals surface area contributed by atoms with E-state index in [-0.39, 0.29) is 47.0 Å². The van der Waals surface area contributed by atoms with Crippen LogP contribution in [0.4, 0.5) is 0 Å². The highest BCUT2D eigenvalue weighted by atomic mass is 16.3. The van der Waals surface area contributed by atoms with Crippen LogP contribution >= 0.6 is 0 Å². The van der Waals surface area contributed by atoms with E-state index in [0.29, 0.717) is 6.42 Å². The molecule has 0 fully saturated rings. The lowest BCUT2D eigenvalue weighted by atomic mass is 9.92. The van der Waals surface area contributed by atoms with Gasteiger partial charge in [0.15, 0.2) is 5.78 Å². The second kappa shape index (κ2) is 7.76. The molecule has 140 valence electrons. The van der Waals surface area contributed by atoms with E-state index in [2.05, 4.69) is 0 Å². The van der Waals surface area contributed by atoms with Crippen molar-refractivity contribution in [1.82, 2.24) is 0 Å². The molecule has 6 nitrogen and oxygen atoms in total. The van der Waals surface area contributed by atoms with Gasteiger partial charge < -0.3 is 25.5 Å². The molecule has 2 rings (SSSR count). The summed E-state index contributed by atoms with van der Waals surface area (Å²) < 4.78 is 0. The van der Waals surface area contributed by atoms with E-state index >= 15 is 0 Å². The van der Waals surface area contributed by atoms with Gasteiger partial charge in [-0.3, -0.25) is 4.79 Å². The molecule has 2 aromatic carbocycles. The highest BCUT2D eigenvalue weighted by Crippen LogP contribution is 2.33. The zero-order chi connectivity index (χ0) is 19.5. The number of aryl methyl sites for hydroxylation is 1. The standard InChI is InChI=1S/C20H24O6/c1-20(2,26)18(24)11-15-17(23)10-8-14(19(15)25)16(22)9-5-12-3-6-13(21)7-4-12/h3-4,6-8,10,18,21,23-26H,5,9,11H2,1-2H3/t18-/m1/s1. The smallest absolute Gasteiger partial charge is 0.166 e. The number of aliphatic hydroxyl groups is 2. The summed E-state index contributed by atoms with van der Waals surface area (Å²) >= 11 is 0. The number of rotatable bonds is 7. The van der Waals surface area contributed by atoms with E-state index in [1.54, 1.807) is 12.1 Å². The third kappa shape index (κ3) is 4.74. The number of benzene rings is 2. The van der Waals surface area contributed by atoms with Gasteiger partial charge in [0, 0.05) is 18.4 Å². The number of carbonyl (C=O) groups excluding carboxylic acids is 1. The van der Waals surface area contributed by atoms with Gasteiger partial charge >= 0.3 is 0 Å². The van der Waals surface area contributed by atoms with Gasteiger partial charge in [-0.2, -0.15) is 0 Å². The Kier molecular flexibility index (Phi) is 5.90. The van der Waals surface area contributed by atoms with E-state index < -0.39 is 11.7 Å². The molecule has 0 aromatic heterocycles. The fourth-order valence-electron chi connectivity index (χ4n) is 2.55. The molecule has 0 aliphatic rings. The topological polar surface area (TPSA) is 118 Å². The molecule has 26 heavy (non-hydrogen) atoms. The minimum absolute atomic E-state index is 0.0232. The molecule has 2 aromatic rings. The van der Waals surface area contributed by atoms with Gasteiger partial charge in [-0.25, -0.2) is 0 Å². The van der Waals surface area contributed by atoms with Crippen molar-refractivity contribution in [3.05, 3.63) is 53.1 Å². The Morgan fingerprint density at radius 2 is 1.65 bits per heavy atom. The van der Waals surface area contributed by atoms with Crippen LogP contribution in [0.3, 0.4) is 0 Å². The first-order valence-corrected chi connectivity index (χ1v) is 8.35. The lowest BCUT2D eigenvalue weighted by Crippen LogP contribution is -2.37. The summed E-state index contributed by atoms with van der Waals surface area (Å²) in [5, 5.41) is 49.5. The summed E-state index contributed by atoms with van der Waals surface area (Å²) in [6.45, 7) is 2.83. The highest BCUT2D eigenvalue weighted by molar-refractivity contribution is 5.99. The van der Waals surface area contributed by atoms with Crippen LogP contribution in [0.25, 0.3) is 0 Å². The van der Waals surface area contributed by atoms with Crippen LogP contribution in [0.15, 0.2) is 36.4 Å². The minimum Gasteiger partial charge on any atom is -0.508 e. The van der Waals surface area contributed by atoms with Crippen LogP contribution in [0.2, 0.25) is 0 Å². The molecule has 6 heteroatoms. The van der Waals surface area contributed by atoms with Crippen molar-refractivity contribution in [3.63, 3.8) is 0 Å². The van der Waals surface area contributed by atoms with Crippen molar-refractivity contribution in [2.24, 2.45) is 0 Å². The number of hydrogen-bond acceptors (Lipinski definition) is 6. The summed E-state index contributed by atoms with van der Waals surface area (Å²) in [4.78, 5) is 12.4. The molecule has 0 saturated heterocycles. The third-order valence-electron chi connectivity index (χ3n) is 4.35. The van der Waals surface area contributed by atoms with E-state index in [1.807, 2.05) is 0 Å². The molecular formula is C20H24O6. The molecule has 0 aliphatic carbocycles. The van der Waals surface area contributed by atoms with E-state index in [4.69, 9.17) is 0 Å². The number of hydrogen-bond donors (Lipinski definition) is 5. The number of Topliss-reactive ketones (excluding diaryl/α,β-unsaturated/α-hetero) is 1. The Balaban J connectivity index is 2.17. The van der Waals surface area contributed by atoms with Crippen LogP contribution in [-0.2, 0) is 12.8 Å². The number of aromatic hydroxyl groups is 3. The van der Waals surface area contributed by atoms with Crippen molar-refractivity contribution in [2.75, 3.05) is 0 Å². The SMILES string of the molecule is CC(C)(O)[C@H](O)Cc1c(O)ccc(C(=O)CCc2ccc(O)cc2)c1O. The summed E-state index contributed by atoms with van der Waals surface area (Å²) in [6.07, 6.45) is -0.848. The molecule has 0 saturated carbocycles. The molecule has 5 N–H and O–H groups in total.